The summed E-state index contributed by atoms with van der Waals surface area (Å²) in [6.45, 7) is 0. The summed E-state index contributed by atoms with van der Waals surface area (Å²) in [5.41, 5.74) is 0.181. The minimum absolute atomic E-state index is 0.0531. The van der Waals surface area contributed by atoms with Gasteiger partial charge in [-0.2, -0.15) is 4.39 Å². The van der Waals surface area contributed by atoms with Crippen LogP contribution in [0.4, 0.5) is 13.2 Å². The van der Waals surface area contributed by atoms with Gasteiger partial charge in [-0.05, 0) is 12.5 Å². The lowest BCUT2D eigenvalue weighted by Crippen LogP contribution is -2.18. The Morgan fingerprint density at radius 1 is 1.14 bits per heavy atom. The number of carbonyl (C=O) groups excluding carboxylic acids is 1. The van der Waals surface area contributed by atoms with Crippen LogP contribution in [0.1, 0.15) is 12.0 Å². The molecule has 1 heterocycles. The number of fused-ring (bicyclic) bond motifs is 1. The van der Waals surface area contributed by atoms with Crippen LogP contribution in [-0.4, -0.2) is 5.97 Å². The average molecular weight is 202 g/mol. The Labute approximate surface area is 77.3 Å². The van der Waals surface area contributed by atoms with Crippen molar-refractivity contribution in [2.45, 2.75) is 12.8 Å². The van der Waals surface area contributed by atoms with E-state index in [4.69, 9.17) is 0 Å². The van der Waals surface area contributed by atoms with E-state index in [0.29, 0.717) is 0 Å². The number of rotatable bonds is 0. The number of benzene rings is 1. The minimum atomic E-state index is -1.61. The Morgan fingerprint density at radius 3 is 2.57 bits per heavy atom. The maximum atomic E-state index is 13.0. The van der Waals surface area contributed by atoms with Crippen molar-refractivity contribution in [3.63, 3.8) is 0 Å². The lowest BCUT2D eigenvalue weighted by Gasteiger charge is -2.16. The summed E-state index contributed by atoms with van der Waals surface area (Å²) in [5.74, 6) is -5.44. The van der Waals surface area contributed by atoms with Crippen molar-refractivity contribution in [2.24, 2.45) is 0 Å². The van der Waals surface area contributed by atoms with E-state index < -0.39 is 29.2 Å². The van der Waals surface area contributed by atoms with Gasteiger partial charge in [0.1, 0.15) is 0 Å². The molecule has 1 aliphatic rings. The monoisotopic (exact) mass is 202 g/mol. The minimum Gasteiger partial charge on any atom is -0.423 e. The van der Waals surface area contributed by atoms with Crippen LogP contribution >= 0.6 is 0 Å². The molecular weight excluding hydrogens is 197 g/mol. The predicted molar refractivity (Wildman–Crippen MR) is 40.3 cm³/mol. The van der Waals surface area contributed by atoms with Gasteiger partial charge < -0.3 is 4.74 Å². The summed E-state index contributed by atoms with van der Waals surface area (Å²) < 4.78 is 42.9. The molecule has 2 nitrogen and oxygen atoms in total. The summed E-state index contributed by atoms with van der Waals surface area (Å²) >= 11 is 0. The number of carbonyl (C=O) groups is 1. The summed E-state index contributed by atoms with van der Waals surface area (Å²) in [4.78, 5) is 10.8. The number of halogens is 3. The fourth-order valence-corrected chi connectivity index (χ4v) is 1.33. The highest BCUT2D eigenvalue weighted by molar-refractivity contribution is 5.75. The lowest BCUT2D eigenvalue weighted by atomic mass is 10.1. The molecule has 74 valence electrons. The van der Waals surface area contributed by atoms with Crippen molar-refractivity contribution in [1.29, 1.82) is 0 Å². The lowest BCUT2D eigenvalue weighted by molar-refractivity contribution is -0.135. The molecule has 0 aromatic heterocycles. The van der Waals surface area contributed by atoms with E-state index in [9.17, 15) is 18.0 Å². The van der Waals surface area contributed by atoms with Gasteiger partial charge in [-0.3, -0.25) is 4.79 Å². The van der Waals surface area contributed by atoms with Crippen LogP contribution in [0.15, 0.2) is 6.07 Å². The number of esters is 1. The summed E-state index contributed by atoms with van der Waals surface area (Å²) in [5, 5.41) is 0. The van der Waals surface area contributed by atoms with Crippen LogP contribution in [0.2, 0.25) is 0 Å². The van der Waals surface area contributed by atoms with Crippen LogP contribution < -0.4 is 4.74 Å². The molecule has 5 heteroatoms. The van der Waals surface area contributed by atoms with Gasteiger partial charge in [0.2, 0.25) is 5.82 Å². The zero-order valence-electron chi connectivity index (χ0n) is 6.94. The van der Waals surface area contributed by atoms with E-state index in [1.165, 1.54) is 0 Å². The molecule has 0 fully saturated rings. The number of hydrogen-bond donors (Lipinski definition) is 0. The maximum Gasteiger partial charge on any atom is 0.311 e. The van der Waals surface area contributed by atoms with Crippen molar-refractivity contribution >= 4 is 5.97 Å². The Balaban J connectivity index is 2.60. The van der Waals surface area contributed by atoms with Gasteiger partial charge in [-0.1, -0.05) is 0 Å². The Kier molecular flexibility index (Phi) is 1.94. The third kappa shape index (κ3) is 1.25. The van der Waals surface area contributed by atoms with E-state index in [1.54, 1.807) is 0 Å². The van der Waals surface area contributed by atoms with E-state index in [-0.39, 0.29) is 18.4 Å². The molecule has 0 bridgehead atoms. The van der Waals surface area contributed by atoms with E-state index in [1.807, 2.05) is 0 Å². The van der Waals surface area contributed by atoms with Gasteiger partial charge in [0.15, 0.2) is 17.4 Å². The molecule has 0 atom stereocenters. The van der Waals surface area contributed by atoms with Gasteiger partial charge in [0, 0.05) is 5.56 Å². The topological polar surface area (TPSA) is 26.3 Å². The molecule has 0 aliphatic carbocycles. The van der Waals surface area contributed by atoms with Gasteiger partial charge in [0.05, 0.1) is 6.42 Å². The summed E-state index contributed by atoms with van der Waals surface area (Å²) in [6.07, 6.45) is 0.222. The molecule has 0 N–H and O–H groups in total. The van der Waals surface area contributed by atoms with Crippen molar-refractivity contribution in [2.75, 3.05) is 0 Å². The molecule has 0 saturated carbocycles. The Bertz CT molecular complexity index is 415. The van der Waals surface area contributed by atoms with Crippen LogP contribution in [0.25, 0.3) is 0 Å². The fourth-order valence-electron chi connectivity index (χ4n) is 1.33. The first-order valence-electron chi connectivity index (χ1n) is 3.96. The first kappa shape index (κ1) is 9.05. The van der Waals surface area contributed by atoms with Crippen LogP contribution in [0.5, 0.6) is 5.75 Å². The third-order valence-corrected chi connectivity index (χ3v) is 2.01. The standard InChI is InChI=1S/C9H5F3O2/c10-5-3-4-1-2-6(13)14-9(4)8(12)7(5)11/h3H,1-2H2. The van der Waals surface area contributed by atoms with Crippen molar-refractivity contribution in [3.8, 4) is 5.75 Å². The van der Waals surface area contributed by atoms with E-state index in [0.717, 1.165) is 6.07 Å². The zero-order chi connectivity index (χ0) is 10.3. The molecule has 0 spiro atoms. The second kappa shape index (κ2) is 3.01. The smallest absolute Gasteiger partial charge is 0.311 e. The Hall–Kier alpha value is -1.52. The van der Waals surface area contributed by atoms with Crippen LogP contribution in [-0.2, 0) is 11.2 Å². The van der Waals surface area contributed by atoms with Crippen LogP contribution in [0.3, 0.4) is 0 Å². The number of aryl methyl sites for hydroxylation is 1. The molecule has 1 aromatic carbocycles. The number of hydrogen-bond acceptors (Lipinski definition) is 2. The highest BCUT2D eigenvalue weighted by Gasteiger charge is 2.25. The molecule has 14 heavy (non-hydrogen) atoms. The van der Waals surface area contributed by atoms with E-state index >= 15 is 0 Å². The molecule has 0 unspecified atom stereocenters. The SMILES string of the molecule is O=C1CCc2cc(F)c(F)c(F)c2O1. The molecule has 0 radical (unpaired) electrons. The largest absolute Gasteiger partial charge is 0.423 e. The first-order chi connectivity index (χ1) is 6.59. The molecule has 1 aliphatic heterocycles. The predicted octanol–water partition coefficient (Wildman–Crippen LogP) is 1.96. The van der Waals surface area contributed by atoms with Gasteiger partial charge >= 0.3 is 5.97 Å². The fraction of sp³-hybridized carbons (Fsp3) is 0.222. The average Bonchev–Trinajstić information content (AvgIpc) is 2.16. The third-order valence-electron chi connectivity index (χ3n) is 2.01. The molecule has 0 amide bonds. The first-order valence-corrected chi connectivity index (χ1v) is 3.96. The Morgan fingerprint density at radius 2 is 1.86 bits per heavy atom. The van der Waals surface area contributed by atoms with Gasteiger partial charge in [-0.25, -0.2) is 8.78 Å². The second-order valence-electron chi connectivity index (χ2n) is 2.95. The van der Waals surface area contributed by atoms with Crippen molar-refractivity contribution < 1.29 is 22.7 Å². The summed E-state index contributed by atoms with van der Waals surface area (Å²) in [7, 11) is 0. The van der Waals surface area contributed by atoms with Crippen LogP contribution in [0, 0.1) is 17.5 Å². The highest BCUT2D eigenvalue weighted by atomic mass is 19.2. The second-order valence-corrected chi connectivity index (χ2v) is 2.95. The van der Waals surface area contributed by atoms with Gasteiger partial charge in [-0.15, -0.1) is 0 Å². The molecule has 2 rings (SSSR count). The molecule has 0 saturated heterocycles. The quantitative estimate of drug-likeness (QED) is 0.365. The van der Waals surface area contributed by atoms with Crippen molar-refractivity contribution in [3.05, 3.63) is 29.1 Å². The normalized spacial score (nSPS) is 14.9. The zero-order valence-corrected chi connectivity index (χ0v) is 6.94. The molecule has 1 aromatic rings. The van der Waals surface area contributed by atoms with Gasteiger partial charge in [0.25, 0.3) is 0 Å². The highest BCUT2D eigenvalue weighted by Crippen LogP contribution is 2.31. The molecular formula is C9H5F3O2. The van der Waals surface area contributed by atoms with E-state index in [2.05, 4.69) is 4.74 Å². The summed E-state index contributed by atoms with van der Waals surface area (Å²) in [6, 6.07) is 0.847. The van der Waals surface area contributed by atoms with Crippen molar-refractivity contribution in [1.82, 2.24) is 0 Å². The number of ether oxygens (including phenoxy) is 1. The maximum absolute atomic E-state index is 13.0.